The zero-order valence-corrected chi connectivity index (χ0v) is 10.8. The van der Waals surface area contributed by atoms with Gasteiger partial charge in [0.15, 0.2) is 0 Å². The third-order valence-corrected chi connectivity index (χ3v) is 2.75. The molecule has 0 amide bonds. The van der Waals surface area contributed by atoms with Crippen LogP contribution in [0.25, 0.3) is 0 Å². The van der Waals surface area contributed by atoms with E-state index in [1.54, 1.807) is 0 Å². The first-order chi connectivity index (χ1) is 6.56. The van der Waals surface area contributed by atoms with Gasteiger partial charge in [0.25, 0.3) is 0 Å². The minimum Gasteiger partial charge on any atom is -0.308 e. The highest BCUT2D eigenvalue weighted by molar-refractivity contribution is 6.17. The van der Waals surface area contributed by atoms with E-state index in [2.05, 4.69) is 37.9 Å². The van der Waals surface area contributed by atoms with Crippen molar-refractivity contribution in [3.63, 3.8) is 0 Å². The summed E-state index contributed by atoms with van der Waals surface area (Å²) in [5, 5.41) is 0. The molecule has 0 aliphatic carbocycles. The van der Waals surface area contributed by atoms with Gasteiger partial charge >= 0.3 is 0 Å². The third kappa shape index (κ3) is 8.79. The maximum Gasteiger partial charge on any atom is 0.0225 e. The summed E-state index contributed by atoms with van der Waals surface area (Å²) in [5.74, 6) is 1.55. The van der Waals surface area contributed by atoms with Crippen molar-refractivity contribution in [1.82, 2.24) is 9.80 Å². The summed E-state index contributed by atoms with van der Waals surface area (Å²) in [6, 6.07) is 0. The molecule has 0 bridgehead atoms. The highest BCUT2D eigenvalue weighted by atomic mass is 35.5. The van der Waals surface area contributed by atoms with E-state index in [4.69, 9.17) is 11.6 Å². The van der Waals surface area contributed by atoms with Crippen molar-refractivity contribution in [2.75, 3.05) is 46.7 Å². The molecule has 0 aromatic heterocycles. The van der Waals surface area contributed by atoms with E-state index in [0.29, 0.717) is 0 Å². The molecule has 1 unspecified atom stereocenters. The van der Waals surface area contributed by atoms with Crippen LogP contribution in [0.5, 0.6) is 0 Å². The maximum absolute atomic E-state index is 5.69. The van der Waals surface area contributed by atoms with Gasteiger partial charge in [-0.25, -0.2) is 0 Å². The van der Waals surface area contributed by atoms with Crippen LogP contribution in [0, 0.1) is 5.92 Å². The molecular formula is C11H25ClN2. The van der Waals surface area contributed by atoms with Crippen LogP contribution in [-0.4, -0.2) is 56.5 Å². The van der Waals surface area contributed by atoms with Gasteiger partial charge in [-0.05, 0) is 46.4 Å². The Morgan fingerprint density at radius 2 is 1.64 bits per heavy atom. The summed E-state index contributed by atoms with van der Waals surface area (Å²) < 4.78 is 0. The van der Waals surface area contributed by atoms with Crippen LogP contribution in [0.4, 0.5) is 0 Å². The first-order valence-electron chi connectivity index (χ1n) is 5.45. The lowest BCUT2D eigenvalue weighted by Crippen LogP contribution is -2.30. The Bertz CT molecular complexity index is 128. The smallest absolute Gasteiger partial charge is 0.0225 e. The molecule has 0 aliphatic heterocycles. The molecule has 0 fully saturated rings. The Morgan fingerprint density at radius 1 is 1.00 bits per heavy atom. The van der Waals surface area contributed by atoms with Crippen molar-refractivity contribution in [3.05, 3.63) is 0 Å². The molecule has 0 spiro atoms. The summed E-state index contributed by atoms with van der Waals surface area (Å²) >= 11 is 5.69. The molecule has 14 heavy (non-hydrogen) atoms. The second kappa shape index (κ2) is 8.51. The van der Waals surface area contributed by atoms with Gasteiger partial charge < -0.3 is 9.80 Å². The second-order valence-electron chi connectivity index (χ2n) is 4.48. The fraction of sp³-hybridized carbons (Fsp3) is 1.00. The first-order valence-corrected chi connectivity index (χ1v) is 5.99. The molecule has 0 saturated heterocycles. The van der Waals surface area contributed by atoms with Crippen molar-refractivity contribution in [1.29, 1.82) is 0 Å². The average Bonchev–Trinajstić information content (AvgIpc) is 2.12. The fourth-order valence-corrected chi connectivity index (χ4v) is 1.63. The van der Waals surface area contributed by atoms with E-state index in [-0.39, 0.29) is 0 Å². The number of hydrogen-bond donors (Lipinski definition) is 0. The predicted molar refractivity (Wildman–Crippen MR) is 65.2 cm³/mol. The predicted octanol–water partition coefficient (Wildman–Crippen LogP) is 2.13. The molecule has 86 valence electrons. The van der Waals surface area contributed by atoms with Gasteiger partial charge in [0.1, 0.15) is 0 Å². The Balaban J connectivity index is 3.38. The van der Waals surface area contributed by atoms with E-state index < -0.39 is 0 Å². The van der Waals surface area contributed by atoms with Crippen molar-refractivity contribution >= 4 is 11.6 Å². The number of nitrogens with zero attached hydrogens (tertiary/aromatic N) is 2. The molecule has 3 heteroatoms. The van der Waals surface area contributed by atoms with E-state index in [1.807, 2.05) is 0 Å². The molecule has 0 N–H and O–H groups in total. The molecule has 0 aromatic rings. The van der Waals surface area contributed by atoms with Gasteiger partial charge in [0.2, 0.25) is 0 Å². The number of hydrogen-bond acceptors (Lipinski definition) is 2. The van der Waals surface area contributed by atoms with Crippen LogP contribution in [0.1, 0.15) is 19.8 Å². The van der Waals surface area contributed by atoms with Crippen molar-refractivity contribution in [2.24, 2.45) is 5.92 Å². The summed E-state index contributed by atoms with van der Waals surface area (Å²) in [6.07, 6.45) is 2.40. The van der Waals surface area contributed by atoms with Gasteiger partial charge in [-0.15, -0.1) is 11.6 Å². The molecule has 0 radical (unpaired) electrons. The minimum atomic E-state index is 0.759. The normalized spacial score (nSPS) is 13.9. The topological polar surface area (TPSA) is 6.48 Å². The lowest BCUT2D eigenvalue weighted by Gasteiger charge is -2.20. The van der Waals surface area contributed by atoms with Gasteiger partial charge in [-0.2, -0.15) is 0 Å². The lowest BCUT2D eigenvalue weighted by atomic mass is 10.1. The minimum absolute atomic E-state index is 0.759. The molecular weight excluding hydrogens is 196 g/mol. The van der Waals surface area contributed by atoms with Crippen molar-refractivity contribution in [2.45, 2.75) is 19.8 Å². The van der Waals surface area contributed by atoms with Crippen LogP contribution in [0.2, 0.25) is 0 Å². The Hall–Kier alpha value is 0.210. The quantitative estimate of drug-likeness (QED) is 0.579. The Kier molecular flexibility index (Phi) is 8.64. The summed E-state index contributed by atoms with van der Waals surface area (Å²) in [4.78, 5) is 4.61. The number of halogens is 1. The molecule has 0 aromatic carbocycles. The highest BCUT2D eigenvalue weighted by Gasteiger charge is 2.04. The summed E-state index contributed by atoms with van der Waals surface area (Å²) in [5.41, 5.74) is 0. The molecule has 0 heterocycles. The third-order valence-electron chi connectivity index (χ3n) is 2.53. The zero-order chi connectivity index (χ0) is 11.0. The van der Waals surface area contributed by atoms with Crippen molar-refractivity contribution < 1.29 is 0 Å². The second-order valence-corrected chi connectivity index (χ2v) is 4.86. The Labute approximate surface area is 94.2 Å². The van der Waals surface area contributed by atoms with Crippen LogP contribution >= 0.6 is 11.6 Å². The fourth-order valence-electron chi connectivity index (χ4n) is 1.25. The molecule has 0 saturated carbocycles. The Morgan fingerprint density at radius 3 is 2.14 bits per heavy atom. The largest absolute Gasteiger partial charge is 0.308 e. The average molecular weight is 221 g/mol. The highest BCUT2D eigenvalue weighted by Crippen LogP contribution is 2.08. The van der Waals surface area contributed by atoms with E-state index in [9.17, 15) is 0 Å². The van der Waals surface area contributed by atoms with Crippen LogP contribution in [0.3, 0.4) is 0 Å². The van der Waals surface area contributed by atoms with E-state index in [1.165, 1.54) is 13.0 Å². The zero-order valence-electron chi connectivity index (χ0n) is 10.1. The summed E-state index contributed by atoms with van der Waals surface area (Å²) in [7, 11) is 6.42. The molecule has 2 nitrogen and oxygen atoms in total. The number of rotatable bonds is 8. The molecule has 0 rings (SSSR count). The molecule has 1 atom stereocenters. The molecule has 0 aliphatic rings. The van der Waals surface area contributed by atoms with Crippen LogP contribution in [-0.2, 0) is 0 Å². The maximum atomic E-state index is 5.69. The number of likely N-dealkylation sites (N-methyl/N-ethyl adjacent to an activating group) is 2. The van der Waals surface area contributed by atoms with Gasteiger partial charge in [-0.3, -0.25) is 0 Å². The van der Waals surface area contributed by atoms with Crippen molar-refractivity contribution in [3.8, 4) is 0 Å². The van der Waals surface area contributed by atoms with Crippen LogP contribution < -0.4 is 0 Å². The van der Waals surface area contributed by atoms with Gasteiger partial charge in [0, 0.05) is 19.0 Å². The first kappa shape index (κ1) is 14.2. The lowest BCUT2D eigenvalue weighted by molar-refractivity contribution is 0.265. The van der Waals surface area contributed by atoms with E-state index in [0.717, 1.165) is 31.3 Å². The van der Waals surface area contributed by atoms with Crippen LogP contribution in [0.15, 0.2) is 0 Å². The number of alkyl halides is 1. The van der Waals surface area contributed by atoms with Gasteiger partial charge in [-0.1, -0.05) is 6.92 Å². The van der Waals surface area contributed by atoms with Gasteiger partial charge in [0.05, 0.1) is 0 Å². The summed E-state index contributed by atoms with van der Waals surface area (Å²) in [6.45, 7) is 5.76. The standard InChI is InChI=1S/C11H25ClN2/c1-11(5-7-12)6-8-14(4)10-9-13(2)3/h11H,5-10H2,1-4H3. The SMILES string of the molecule is CC(CCCl)CCN(C)CCN(C)C. The van der Waals surface area contributed by atoms with E-state index >= 15 is 0 Å². The monoisotopic (exact) mass is 220 g/mol.